The molecule has 0 aliphatic carbocycles. The first-order valence-electron chi connectivity index (χ1n) is 20.0. The molecule has 4 fully saturated rings. The van der Waals surface area contributed by atoms with Gasteiger partial charge in [0.05, 0.1) is 47.4 Å². The Hall–Kier alpha value is -1.50. The Bertz CT molecular complexity index is 1890. The summed E-state index contributed by atoms with van der Waals surface area (Å²) in [7, 11) is 0. The molecule has 0 radical (unpaired) electrons. The van der Waals surface area contributed by atoms with E-state index in [0.29, 0.717) is 12.1 Å². The fourth-order valence-corrected chi connectivity index (χ4v) is 12.6. The van der Waals surface area contributed by atoms with E-state index in [1.807, 2.05) is 0 Å². The van der Waals surface area contributed by atoms with E-state index in [4.69, 9.17) is 18.9 Å². The molecule has 4 saturated heterocycles. The third-order valence-electron chi connectivity index (χ3n) is 11.6. The van der Waals surface area contributed by atoms with E-state index in [1.54, 1.807) is 0 Å². The molecule has 0 unspecified atom stereocenters. The van der Waals surface area contributed by atoms with Crippen LogP contribution in [0.15, 0.2) is 12.1 Å². The van der Waals surface area contributed by atoms with Gasteiger partial charge in [-0.2, -0.15) is 0 Å². The van der Waals surface area contributed by atoms with Gasteiger partial charge in [-0.15, -0.1) is 0 Å². The predicted octanol–water partition coefficient (Wildman–Crippen LogP) is -6.69. The predicted molar refractivity (Wildman–Crippen MR) is 226 cm³/mol. The summed E-state index contributed by atoms with van der Waals surface area (Å²) in [6.07, 6.45) is -25.9. The van der Waals surface area contributed by atoms with Crippen molar-refractivity contribution in [3.63, 3.8) is 0 Å². The van der Waals surface area contributed by atoms with Gasteiger partial charge in [-0.25, -0.2) is 0 Å². The van der Waals surface area contributed by atoms with Crippen molar-refractivity contribution in [2.75, 3.05) is 26.4 Å². The lowest BCUT2D eigenvalue weighted by atomic mass is 9.75. The highest BCUT2D eigenvalue weighted by Gasteiger charge is 2.66. The number of thioether (sulfide) groups is 4. The Morgan fingerprint density at radius 3 is 0.909 bits per heavy atom. The van der Waals surface area contributed by atoms with Gasteiger partial charge in [0.15, 0.2) is 20.5 Å². The Morgan fingerprint density at radius 2 is 0.652 bits per heavy atom. The van der Waals surface area contributed by atoms with Crippen molar-refractivity contribution in [3.8, 4) is 0 Å². The van der Waals surface area contributed by atoms with Gasteiger partial charge in [0.1, 0.15) is 73.2 Å². The number of aliphatic hydroxyl groups excluding tert-OH is 12. The largest absolute Gasteiger partial charge is 0.394 e. The molecule has 24 nitrogen and oxygen atoms in total. The second-order valence-electron chi connectivity index (χ2n) is 16.1. The van der Waals surface area contributed by atoms with Gasteiger partial charge in [0.2, 0.25) is 23.1 Å². The van der Waals surface area contributed by atoms with E-state index in [1.165, 1.54) is 0 Å². The van der Waals surface area contributed by atoms with Gasteiger partial charge in [0.25, 0.3) is 0 Å². The summed E-state index contributed by atoms with van der Waals surface area (Å²) in [5, 5.41) is 172. The molecule has 4 aliphatic heterocycles. The smallest absolute Gasteiger partial charge is 0.209 e. The lowest BCUT2D eigenvalue weighted by Crippen LogP contribution is -2.67. The van der Waals surface area contributed by atoms with Crippen LogP contribution in [0.3, 0.4) is 0 Å². The third-order valence-corrected chi connectivity index (χ3v) is 16.3. The number of carbonyl (C=O) groups is 4. The van der Waals surface area contributed by atoms with Crippen molar-refractivity contribution in [2.45, 2.75) is 145 Å². The van der Waals surface area contributed by atoms with Crippen LogP contribution in [0, 0.1) is 0 Å². The Kier molecular flexibility index (Phi) is 17.7. The molecule has 0 spiro atoms. The first kappa shape index (κ1) is 55.4. The van der Waals surface area contributed by atoms with Gasteiger partial charge in [-0.3, -0.25) is 19.2 Å². The molecule has 1 aromatic rings. The van der Waals surface area contributed by atoms with Gasteiger partial charge in [-0.1, -0.05) is 47.0 Å². The lowest BCUT2D eigenvalue weighted by Gasteiger charge is -2.54. The number of aliphatic hydroxyl groups is 16. The number of hydrogen-bond acceptors (Lipinski definition) is 28. The normalized spacial score (nSPS) is 44.2. The standard InChI is InChI=1S/C38H54O24S4/c1-11(43)63-31-27(51)23(47)18(7-39)59-35(31,55)15-5-16(36(56)32(64-12(2)44)28(52)24(48)19(8-40)60-36)22(38(58)34(66-14(4)46)30(54)26(50)21(10-42)62-38)17(6-15)37(57)33(65-13(3)45)29(53)25(49)20(9-41)61-37/h5-6,18-21,23-34,39-42,47-58H,7-10H2,1-4H3/t18-,19-,20-,21-,23-,24-,25-,26-,27+,28+,29+,30+,31+,32+,33+,34+,35-,36-,37-,38-/m1/s1. The molecule has 1 aromatic carbocycles. The molecule has 4 heterocycles. The van der Waals surface area contributed by atoms with Gasteiger partial charge < -0.3 is 101 Å². The summed E-state index contributed by atoms with van der Waals surface area (Å²) in [6, 6.07) is 1.21. The molecule has 16 N–H and O–H groups in total. The summed E-state index contributed by atoms with van der Waals surface area (Å²) in [6.45, 7) is -1.12. The molecule has 28 heteroatoms. The molecule has 0 amide bonds. The maximum Gasteiger partial charge on any atom is 0.209 e. The van der Waals surface area contributed by atoms with Crippen molar-refractivity contribution < 1.29 is 120 Å². The number of benzene rings is 1. The van der Waals surface area contributed by atoms with Crippen LogP contribution in [-0.2, 0) is 61.3 Å². The number of carbonyl (C=O) groups excluding carboxylic acids is 4. The monoisotopic (exact) mass is 1020 g/mol. The van der Waals surface area contributed by atoms with E-state index in [0.717, 1.165) is 27.7 Å². The molecule has 0 aromatic heterocycles. The van der Waals surface area contributed by atoms with Crippen LogP contribution >= 0.6 is 47.0 Å². The second kappa shape index (κ2) is 21.1. The van der Waals surface area contributed by atoms with Crippen LogP contribution in [0.2, 0.25) is 0 Å². The molecule has 20 atom stereocenters. The zero-order chi connectivity index (χ0) is 49.8. The van der Waals surface area contributed by atoms with Crippen LogP contribution in [0.25, 0.3) is 0 Å². The fraction of sp³-hybridized carbons (Fsp3) is 0.737. The summed E-state index contributed by atoms with van der Waals surface area (Å²) in [4.78, 5) is 51.5. The van der Waals surface area contributed by atoms with Gasteiger partial charge in [0, 0.05) is 49.9 Å². The maximum absolute atomic E-state index is 13.3. The lowest BCUT2D eigenvalue weighted by molar-refractivity contribution is -0.329. The second-order valence-corrected chi connectivity index (χ2v) is 21.4. The molecular weight excluding hydrogens is 969 g/mol. The molecule has 374 valence electrons. The van der Waals surface area contributed by atoms with E-state index in [2.05, 4.69) is 0 Å². The zero-order valence-corrected chi connectivity index (χ0v) is 38.5. The Labute approximate surface area is 391 Å². The SMILES string of the molecule is CC(=O)S[C@H]1[C@@H](O)[C@H](O)[C@@H](CO)O[C@]1(O)c1cc([C@@]2(O)O[C@H](CO)[C@@H](O)[C@H](O)[C@@H]2SC(C)=O)c([C@@]2(O)O[C@H](CO)[C@@H](O)[C@H](O)[C@@H]2SC(C)=O)c([C@@]2(O)O[C@H](CO)[C@@H](O)[C@H](O)[C@@H]2SC(C)=O)c1. The van der Waals surface area contributed by atoms with Crippen molar-refractivity contribution >= 4 is 67.5 Å². The van der Waals surface area contributed by atoms with Crippen molar-refractivity contribution in [3.05, 3.63) is 34.4 Å². The topological polar surface area (TPSA) is 429 Å². The molecular formula is C38H54O24S4. The van der Waals surface area contributed by atoms with E-state index >= 15 is 0 Å². The quantitative estimate of drug-likeness (QED) is 0.0925. The average Bonchev–Trinajstić information content (AvgIpc) is 3.25. The number of hydrogen-bond donors (Lipinski definition) is 16. The number of ether oxygens (including phenoxy) is 4. The van der Waals surface area contributed by atoms with E-state index in [9.17, 15) is 101 Å². The summed E-state index contributed by atoms with van der Waals surface area (Å²) in [5.74, 6) is -14.0. The highest BCUT2D eigenvalue weighted by Crippen LogP contribution is 2.56. The maximum atomic E-state index is 13.3. The molecule has 0 bridgehead atoms. The minimum Gasteiger partial charge on any atom is -0.394 e. The molecule has 0 saturated carbocycles. The Balaban J connectivity index is 2.13. The first-order chi connectivity index (χ1) is 30.6. The van der Waals surface area contributed by atoms with E-state index < -0.39 is 187 Å². The van der Waals surface area contributed by atoms with Crippen molar-refractivity contribution in [1.29, 1.82) is 0 Å². The van der Waals surface area contributed by atoms with Gasteiger partial charge in [-0.05, 0) is 12.1 Å². The van der Waals surface area contributed by atoms with Crippen molar-refractivity contribution in [1.82, 2.24) is 0 Å². The summed E-state index contributed by atoms with van der Waals surface area (Å²) in [5.41, 5.74) is -4.55. The number of rotatable bonds is 12. The Morgan fingerprint density at radius 1 is 0.424 bits per heavy atom. The summed E-state index contributed by atoms with van der Waals surface area (Å²) >= 11 is 0.338. The van der Waals surface area contributed by atoms with Crippen molar-refractivity contribution in [2.24, 2.45) is 0 Å². The summed E-state index contributed by atoms with van der Waals surface area (Å²) < 4.78 is 23.5. The minimum atomic E-state index is -3.61. The third kappa shape index (κ3) is 9.90. The highest BCUT2D eigenvalue weighted by molar-refractivity contribution is 8.15. The van der Waals surface area contributed by atoms with E-state index in [-0.39, 0.29) is 47.0 Å². The molecule has 4 aliphatic rings. The van der Waals surface area contributed by atoms with Gasteiger partial charge >= 0.3 is 0 Å². The van der Waals surface area contributed by atoms with Crippen LogP contribution in [0.1, 0.15) is 49.9 Å². The van der Waals surface area contributed by atoms with Crippen LogP contribution in [0.4, 0.5) is 0 Å². The first-order valence-corrected chi connectivity index (χ1v) is 23.5. The fourth-order valence-electron chi connectivity index (χ4n) is 8.55. The van der Waals surface area contributed by atoms with Crippen LogP contribution in [0.5, 0.6) is 0 Å². The minimum absolute atomic E-state index is 0.0561. The van der Waals surface area contributed by atoms with Crippen LogP contribution < -0.4 is 0 Å². The highest BCUT2D eigenvalue weighted by atomic mass is 32.2. The zero-order valence-electron chi connectivity index (χ0n) is 35.3. The average molecular weight is 1020 g/mol. The molecule has 66 heavy (non-hydrogen) atoms. The van der Waals surface area contributed by atoms with Crippen LogP contribution in [-0.4, -0.2) is 223 Å². The molecule has 5 rings (SSSR count).